The SMILES string of the molecule is COc1cc(CNS(=O)(=O)Cc2ccc(C)cc2)ccc1OC(C)C. The summed E-state index contributed by atoms with van der Waals surface area (Å²) in [5, 5.41) is 0. The first-order chi connectivity index (χ1) is 11.8. The highest BCUT2D eigenvalue weighted by atomic mass is 32.2. The highest BCUT2D eigenvalue weighted by Crippen LogP contribution is 2.29. The van der Waals surface area contributed by atoms with Crippen molar-refractivity contribution in [2.24, 2.45) is 0 Å². The zero-order valence-corrected chi connectivity index (χ0v) is 15.9. The number of rotatable bonds is 8. The molecule has 25 heavy (non-hydrogen) atoms. The fourth-order valence-corrected chi connectivity index (χ4v) is 3.44. The molecule has 5 nitrogen and oxygen atoms in total. The molecule has 0 saturated heterocycles. The van der Waals surface area contributed by atoms with Crippen LogP contribution in [0, 0.1) is 6.92 Å². The van der Waals surface area contributed by atoms with Crippen molar-refractivity contribution >= 4 is 10.0 Å². The molecule has 0 heterocycles. The Hall–Kier alpha value is -2.05. The second kappa shape index (κ2) is 8.36. The molecule has 0 aliphatic rings. The summed E-state index contributed by atoms with van der Waals surface area (Å²) in [6.07, 6.45) is 0.0350. The van der Waals surface area contributed by atoms with Crippen LogP contribution >= 0.6 is 0 Å². The lowest BCUT2D eigenvalue weighted by atomic mass is 10.2. The molecule has 0 aliphatic carbocycles. The Bertz CT molecular complexity index is 799. The number of methoxy groups -OCH3 is 1. The number of ether oxygens (including phenoxy) is 2. The van der Waals surface area contributed by atoms with Gasteiger partial charge in [0.2, 0.25) is 10.0 Å². The van der Waals surface area contributed by atoms with Crippen LogP contribution in [-0.4, -0.2) is 21.6 Å². The van der Waals surface area contributed by atoms with Gasteiger partial charge in [0.25, 0.3) is 0 Å². The second-order valence-corrected chi connectivity index (χ2v) is 8.02. The number of aryl methyl sites for hydroxylation is 1. The van der Waals surface area contributed by atoms with E-state index in [0.717, 1.165) is 16.7 Å². The van der Waals surface area contributed by atoms with Gasteiger partial charge < -0.3 is 9.47 Å². The van der Waals surface area contributed by atoms with Gasteiger partial charge in [-0.2, -0.15) is 0 Å². The van der Waals surface area contributed by atoms with Gasteiger partial charge in [-0.15, -0.1) is 0 Å². The summed E-state index contributed by atoms with van der Waals surface area (Å²) in [6, 6.07) is 12.9. The Morgan fingerprint density at radius 2 is 1.64 bits per heavy atom. The van der Waals surface area contributed by atoms with Crippen molar-refractivity contribution in [2.75, 3.05) is 7.11 Å². The summed E-state index contributed by atoms with van der Waals surface area (Å²) in [6.45, 7) is 6.04. The van der Waals surface area contributed by atoms with Crippen molar-refractivity contribution in [2.45, 2.75) is 39.2 Å². The first-order valence-corrected chi connectivity index (χ1v) is 9.81. The molecule has 0 amide bonds. The van der Waals surface area contributed by atoms with Crippen molar-refractivity contribution in [3.8, 4) is 11.5 Å². The molecular weight excluding hydrogens is 338 g/mol. The van der Waals surface area contributed by atoms with E-state index in [1.54, 1.807) is 19.2 Å². The van der Waals surface area contributed by atoms with Crippen LogP contribution in [0.5, 0.6) is 11.5 Å². The third kappa shape index (κ3) is 6.07. The summed E-state index contributed by atoms with van der Waals surface area (Å²) in [4.78, 5) is 0. The Morgan fingerprint density at radius 1 is 1.00 bits per heavy atom. The van der Waals surface area contributed by atoms with Crippen molar-refractivity contribution in [3.63, 3.8) is 0 Å². The number of hydrogen-bond donors (Lipinski definition) is 1. The van der Waals surface area contributed by atoms with E-state index in [1.807, 2.05) is 51.1 Å². The van der Waals surface area contributed by atoms with E-state index < -0.39 is 10.0 Å². The van der Waals surface area contributed by atoms with Crippen LogP contribution in [0.3, 0.4) is 0 Å². The van der Waals surface area contributed by atoms with Crippen LogP contribution in [0.15, 0.2) is 42.5 Å². The lowest BCUT2D eigenvalue weighted by molar-refractivity contribution is 0.230. The van der Waals surface area contributed by atoms with Crippen molar-refractivity contribution in [3.05, 3.63) is 59.2 Å². The molecule has 0 aliphatic heterocycles. The fraction of sp³-hybridized carbons (Fsp3) is 0.368. The van der Waals surface area contributed by atoms with Crippen molar-refractivity contribution in [1.82, 2.24) is 4.72 Å². The Balaban J connectivity index is 2.03. The van der Waals surface area contributed by atoms with Crippen molar-refractivity contribution < 1.29 is 17.9 Å². The fourth-order valence-electron chi connectivity index (χ4n) is 2.32. The van der Waals surface area contributed by atoms with E-state index in [2.05, 4.69) is 4.72 Å². The largest absolute Gasteiger partial charge is 0.493 e. The standard InChI is InChI=1S/C19H25NO4S/c1-14(2)24-18-10-9-17(11-19(18)23-4)12-20-25(21,22)13-16-7-5-15(3)6-8-16/h5-11,14,20H,12-13H2,1-4H3. The molecule has 0 saturated carbocycles. The minimum absolute atomic E-state index is 0.0350. The number of hydrogen-bond acceptors (Lipinski definition) is 4. The van der Waals surface area contributed by atoms with E-state index in [1.165, 1.54) is 0 Å². The number of sulfonamides is 1. The lowest BCUT2D eigenvalue weighted by Crippen LogP contribution is -2.24. The highest BCUT2D eigenvalue weighted by molar-refractivity contribution is 7.88. The minimum atomic E-state index is -3.42. The van der Waals surface area contributed by atoms with Crippen LogP contribution in [-0.2, 0) is 22.3 Å². The molecule has 0 unspecified atom stereocenters. The van der Waals surface area contributed by atoms with Gasteiger partial charge in [0.05, 0.1) is 19.0 Å². The van der Waals surface area contributed by atoms with E-state index in [0.29, 0.717) is 11.5 Å². The first-order valence-electron chi connectivity index (χ1n) is 8.15. The molecule has 0 bridgehead atoms. The average molecular weight is 363 g/mol. The van der Waals surface area contributed by atoms with E-state index >= 15 is 0 Å². The normalized spacial score (nSPS) is 11.6. The summed E-state index contributed by atoms with van der Waals surface area (Å²) in [5.41, 5.74) is 2.67. The summed E-state index contributed by atoms with van der Waals surface area (Å²) in [5.74, 6) is 1.19. The molecule has 1 N–H and O–H groups in total. The van der Waals surface area contributed by atoms with Crippen LogP contribution < -0.4 is 14.2 Å². The van der Waals surface area contributed by atoms with E-state index in [4.69, 9.17) is 9.47 Å². The predicted octanol–water partition coefficient (Wildman–Crippen LogP) is 3.41. The molecular formula is C19H25NO4S. The zero-order valence-electron chi connectivity index (χ0n) is 15.1. The molecule has 2 aromatic carbocycles. The topological polar surface area (TPSA) is 64.6 Å². The van der Waals surface area contributed by atoms with Gasteiger partial charge in [-0.3, -0.25) is 0 Å². The molecule has 0 spiro atoms. The average Bonchev–Trinajstić information content (AvgIpc) is 2.55. The molecule has 0 radical (unpaired) electrons. The molecule has 0 fully saturated rings. The van der Waals surface area contributed by atoms with Crippen LogP contribution in [0.4, 0.5) is 0 Å². The minimum Gasteiger partial charge on any atom is -0.493 e. The first kappa shape index (κ1) is 19.3. The van der Waals surface area contributed by atoms with E-state index in [9.17, 15) is 8.42 Å². The predicted molar refractivity (Wildman–Crippen MR) is 99.4 cm³/mol. The van der Waals surface area contributed by atoms with Crippen LogP contribution in [0.1, 0.15) is 30.5 Å². The second-order valence-electron chi connectivity index (χ2n) is 6.22. The third-order valence-electron chi connectivity index (χ3n) is 3.56. The zero-order chi connectivity index (χ0) is 18.4. The van der Waals surface area contributed by atoms with Crippen LogP contribution in [0.2, 0.25) is 0 Å². The van der Waals surface area contributed by atoms with Gasteiger partial charge >= 0.3 is 0 Å². The van der Waals surface area contributed by atoms with Crippen LogP contribution in [0.25, 0.3) is 0 Å². The Kier molecular flexibility index (Phi) is 6.45. The molecule has 0 aromatic heterocycles. The van der Waals surface area contributed by atoms with Gasteiger partial charge in [-0.1, -0.05) is 35.9 Å². The monoisotopic (exact) mass is 363 g/mol. The summed E-state index contributed by atoms with van der Waals surface area (Å²) >= 11 is 0. The quantitative estimate of drug-likeness (QED) is 0.781. The molecule has 2 rings (SSSR count). The summed E-state index contributed by atoms with van der Waals surface area (Å²) in [7, 11) is -1.85. The summed E-state index contributed by atoms with van der Waals surface area (Å²) < 4.78 is 38.1. The Labute approximate surface area is 150 Å². The van der Waals surface area contributed by atoms with Gasteiger partial charge in [0.15, 0.2) is 11.5 Å². The smallest absolute Gasteiger partial charge is 0.216 e. The lowest BCUT2D eigenvalue weighted by Gasteiger charge is -2.15. The van der Waals surface area contributed by atoms with Gasteiger partial charge in [-0.25, -0.2) is 13.1 Å². The molecule has 136 valence electrons. The van der Waals surface area contributed by atoms with Gasteiger partial charge in [0, 0.05) is 6.54 Å². The van der Waals surface area contributed by atoms with Crippen molar-refractivity contribution in [1.29, 1.82) is 0 Å². The highest BCUT2D eigenvalue weighted by Gasteiger charge is 2.13. The number of nitrogens with one attached hydrogen (secondary N) is 1. The molecule has 6 heteroatoms. The van der Waals surface area contributed by atoms with Gasteiger partial charge in [-0.05, 0) is 44.0 Å². The third-order valence-corrected chi connectivity index (χ3v) is 4.86. The maximum atomic E-state index is 12.3. The van der Waals surface area contributed by atoms with E-state index in [-0.39, 0.29) is 18.4 Å². The Morgan fingerprint density at radius 3 is 2.24 bits per heavy atom. The molecule has 2 aromatic rings. The number of benzene rings is 2. The maximum Gasteiger partial charge on any atom is 0.216 e. The van der Waals surface area contributed by atoms with Gasteiger partial charge in [0.1, 0.15) is 0 Å². The molecule has 0 atom stereocenters. The maximum absolute atomic E-state index is 12.3.